The summed E-state index contributed by atoms with van der Waals surface area (Å²) in [5.74, 6) is 0.0189. The number of hydrazine groups is 1. The van der Waals surface area contributed by atoms with Crippen LogP contribution in [0.15, 0.2) is 40.9 Å². The Morgan fingerprint density at radius 1 is 1.35 bits per heavy atom. The Morgan fingerprint density at radius 2 is 1.97 bits per heavy atom. The summed E-state index contributed by atoms with van der Waals surface area (Å²) < 4.78 is 5.23. The lowest BCUT2D eigenvalue weighted by Crippen LogP contribution is -2.47. The molecule has 0 fully saturated rings. The SMILES string of the molecule is CCO.COc1cc(C2C(C#N)=C(N)N(N(C)C)C3=C2C(=O)CC(C)(C)C3)ccc1O. The summed E-state index contributed by atoms with van der Waals surface area (Å²) in [5, 5.41) is 31.0. The fraction of sp³-hybridized carbons (Fsp3) is 0.478. The van der Waals surface area contributed by atoms with Crippen LogP contribution in [0.25, 0.3) is 0 Å². The monoisotopic (exact) mass is 428 g/mol. The van der Waals surface area contributed by atoms with E-state index in [0.717, 1.165) is 5.70 Å². The van der Waals surface area contributed by atoms with Gasteiger partial charge in [-0.3, -0.25) is 9.80 Å². The number of nitriles is 1. The average Bonchev–Trinajstić information content (AvgIpc) is 2.66. The Bertz CT molecular complexity index is 957. The van der Waals surface area contributed by atoms with Gasteiger partial charge in [-0.05, 0) is 36.5 Å². The van der Waals surface area contributed by atoms with Crippen molar-refractivity contribution in [2.45, 2.75) is 39.5 Å². The number of hydrogen-bond acceptors (Lipinski definition) is 8. The molecule has 1 aromatic carbocycles. The molecule has 31 heavy (non-hydrogen) atoms. The predicted octanol–water partition coefficient (Wildman–Crippen LogP) is 2.61. The molecule has 0 amide bonds. The molecule has 8 heteroatoms. The number of aliphatic hydroxyl groups is 1. The van der Waals surface area contributed by atoms with E-state index in [4.69, 9.17) is 15.6 Å². The first-order chi connectivity index (χ1) is 14.5. The molecule has 1 unspecified atom stereocenters. The average molecular weight is 429 g/mol. The maximum absolute atomic E-state index is 13.2. The van der Waals surface area contributed by atoms with Crippen molar-refractivity contribution in [3.63, 3.8) is 0 Å². The molecule has 0 aromatic heterocycles. The van der Waals surface area contributed by atoms with Crippen LogP contribution in [0.1, 0.15) is 45.1 Å². The van der Waals surface area contributed by atoms with E-state index < -0.39 is 5.92 Å². The zero-order chi connectivity index (χ0) is 23.5. The van der Waals surface area contributed by atoms with Crippen LogP contribution < -0.4 is 10.5 Å². The summed E-state index contributed by atoms with van der Waals surface area (Å²) in [5.41, 5.74) is 8.63. The quantitative estimate of drug-likeness (QED) is 0.671. The number of rotatable bonds is 3. The van der Waals surface area contributed by atoms with Crippen molar-refractivity contribution in [1.82, 2.24) is 10.0 Å². The molecule has 3 rings (SSSR count). The Balaban J connectivity index is 0.00000107. The maximum Gasteiger partial charge on any atom is 0.162 e. The molecule has 168 valence electrons. The number of allylic oxidation sites excluding steroid dienone is 3. The van der Waals surface area contributed by atoms with Crippen molar-refractivity contribution >= 4 is 5.78 Å². The second kappa shape index (κ2) is 9.41. The number of methoxy groups -OCH3 is 1. The molecule has 0 saturated carbocycles. The third-order valence-electron chi connectivity index (χ3n) is 5.29. The molecule has 4 N–H and O–H groups in total. The van der Waals surface area contributed by atoms with Gasteiger partial charge in [0.1, 0.15) is 5.82 Å². The normalized spacial score (nSPS) is 20.2. The number of phenolic OH excluding ortho intramolecular Hbond substituents is 1. The number of ether oxygens (including phenoxy) is 1. The second-order valence-electron chi connectivity index (χ2n) is 8.55. The first kappa shape index (κ1) is 24.3. The zero-order valence-corrected chi connectivity index (χ0v) is 19.1. The molecule has 0 saturated heterocycles. The van der Waals surface area contributed by atoms with Crippen molar-refractivity contribution in [1.29, 1.82) is 5.26 Å². The molecule has 1 atom stereocenters. The number of aromatic hydroxyl groups is 1. The Morgan fingerprint density at radius 3 is 2.48 bits per heavy atom. The van der Waals surface area contributed by atoms with E-state index in [0.29, 0.717) is 35.4 Å². The molecule has 1 aromatic rings. The molecule has 0 radical (unpaired) electrons. The van der Waals surface area contributed by atoms with E-state index in [9.17, 15) is 15.2 Å². The Labute approximate surface area is 183 Å². The minimum Gasteiger partial charge on any atom is -0.504 e. The highest BCUT2D eigenvalue weighted by atomic mass is 16.5. The van der Waals surface area contributed by atoms with Crippen molar-refractivity contribution in [2.24, 2.45) is 11.1 Å². The van der Waals surface area contributed by atoms with Gasteiger partial charge >= 0.3 is 0 Å². The standard InChI is InChI=1S/C21H26N4O3.C2H6O/c1-21(2)9-14-19(16(27)10-21)18(12-6-7-15(26)17(8-12)28-5)13(11-22)20(23)25(14)24(3)4;1-2-3/h6-8,18,26H,9-10,23H2,1-5H3;3H,2H2,1H3. The highest BCUT2D eigenvalue weighted by molar-refractivity contribution is 6.00. The number of phenols is 1. The number of carbonyl (C=O) groups is 1. The van der Waals surface area contributed by atoms with Crippen LogP contribution in [0, 0.1) is 16.7 Å². The van der Waals surface area contributed by atoms with Crippen LogP contribution in [0.3, 0.4) is 0 Å². The van der Waals surface area contributed by atoms with Gasteiger partial charge in [-0.1, -0.05) is 19.9 Å². The highest BCUT2D eigenvalue weighted by Crippen LogP contribution is 2.49. The Hall–Kier alpha value is -3.02. The van der Waals surface area contributed by atoms with E-state index in [-0.39, 0.29) is 29.3 Å². The third kappa shape index (κ3) is 4.68. The van der Waals surface area contributed by atoms with Crippen LogP contribution in [0.2, 0.25) is 0 Å². The molecule has 0 spiro atoms. The first-order valence-electron chi connectivity index (χ1n) is 10.1. The van der Waals surface area contributed by atoms with E-state index in [1.807, 2.05) is 14.1 Å². The van der Waals surface area contributed by atoms with Gasteiger partial charge in [0.05, 0.1) is 24.7 Å². The molecule has 0 bridgehead atoms. The van der Waals surface area contributed by atoms with Crippen LogP contribution in [-0.2, 0) is 4.79 Å². The topological polar surface area (TPSA) is 123 Å². The van der Waals surface area contributed by atoms with Crippen LogP contribution in [0.5, 0.6) is 11.5 Å². The van der Waals surface area contributed by atoms with Gasteiger partial charge in [0.2, 0.25) is 0 Å². The molecular weight excluding hydrogens is 396 g/mol. The lowest BCUT2D eigenvalue weighted by molar-refractivity contribution is -0.119. The third-order valence-corrected chi connectivity index (χ3v) is 5.29. The lowest BCUT2D eigenvalue weighted by atomic mass is 9.69. The summed E-state index contributed by atoms with van der Waals surface area (Å²) in [4.78, 5) is 13.2. The summed E-state index contributed by atoms with van der Waals surface area (Å²) >= 11 is 0. The van der Waals surface area contributed by atoms with Gasteiger partial charge in [-0.25, -0.2) is 5.01 Å². The van der Waals surface area contributed by atoms with Crippen LogP contribution in [0.4, 0.5) is 0 Å². The van der Waals surface area contributed by atoms with E-state index in [1.54, 1.807) is 29.1 Å². The number of benzene rings is 1. The summed E-state index contributed by atoms with van der Waals surface area (Å²) in [7, 11) is 5.13. The van der Waals surface area contributed by atoms with Gasteiger partial charge in [-0.15, -0.1) is 0 Å². The van der Waals surface area contributed by atoms with Crippen LogP contribution >= 0.6 is 0 Å². The van der Waals surface area contributed by atoms with E-state index in [1.165, 1.54) is 13.2 Å². The summed E-state index contributed by atoms with van der Waals surface area (Å²) in [6.45, 7) is 6.04. The number of aliphatic hydroxyl groups excluding tert-OH is 1. The summed E-state index contributed by atoms with van der Waals surface area (Å²) in [6.07, 6.45) is 1.06. The minimum absolute atomic E-state index is 0.00209. The number of ketones is 1. The summed E-state index contributed by atoms with van der Waals surface area (Å²) in [6, 6.07) is 7.08. The molecule has 1 aliphatic carbocycles. The largest absolute Gasteiger partial charge is 0.504 e. The van der Waals surface area contributed by atoms with E-state index >= 15 is 0 Å². The smallest absolute Gasteiger partial charge is 0.162 e. The first-order valence-corrected chi connectivity index (χ1v) is 10.1. The van der Waals surface area contributed by atoms with Crippen molar-refractivity contribution in [3.8, 4) is 17.6 Å². The molecule has 2 aliphatic rings. The second-order valence-corrected chi connectivity index (χ2v) is 8.55. The van der Waals surface area contributed by atoms with Gasteiger partial charge in [-0.2, -0.15) is 5.26 Å². The van der Waals surface area contributed by atoms with Gasteiger partial charge < -0.3 is 20.7 Å². The van der Waals surface area contributed by atoms with Gasteiger partial charge in [0.15, 0.2) is 17.3 Å². The molecule has 1 aliphatic heterocycles. The number of nitrogens with zero attached hydrogens (tertiary/aromatic N) is 3. The maximum atomic E-state index is 13.2. The van der Waals surface area contributed by atoms with Gasteiger partial charge in [0.25, 0.3) is 0 Å². The fourth-order valence-corrected chi connectivity index (χ4v) is 4.16. The zero-order valence-electron chi connectivity index (χ0n) is 19.1. The van der Waals surface area contributed by atoms with Crippen molar-refractivity contribution in [3.05, 3.63) is 46.4 Å². The Kier molecular flexibility index (Phi) is 7.37. The number of hydrogen-bond donors (Lipinski definition) is 3. The van der Waals surface area contributed by atoms with Crippen molar-refractivity contribution in [2.75, 3.05) is 27.8 Å². The van der Waals surface area contributed by atoms with Gasteiger partial charge in [0, 0.05) is 38.4 Å². The highest BCUT2D eigenvalue weighted by Gasteiger charge is 2.45. The number of Topliss-reactive ketones (excluding diaryl/α,β-unsaturated/α-hetero) is 1. The lowest BCUT2D eigenvalue weighted by Gasteiger charge is -2.45. The van der Waals surface area contributed by atoms with Crippen molar-refractivity contribution < 1.29 is 19.7 Å². The number of nitrogens with two attached hydrogens (primary N) is 1. The molecule has 8 nitrogen and oxygen atoms in total. The number of carbonyl (C=O) groups excluding carboxylic acids is 1. The fourth-order valence-electron chi connectivity index (χ4n) is 4.16. The van der Waals surface area contributed by atoms with E-state index in [2.05, 4.69) is 19.9 Å². The minimum atomic E-state index is -0.589. The van der Waals surface area contributed by atoms with Crippen LogP contribution in [-0.4, -0.2) is 53.8 Å². The predicted molar refractivity (Wildman–Crippen MR) is 118 cm³/mol. The molecular formula is C23H32N4O4. The molecule has 1 heterocycles.